The van der Waals surface area contributed by atoms with Crippen molar-refractivity contribution in [3.63, 3.8) is 0 Å². The highest BCUT2D eigenvalue weighted by Crippen LogP contribution is 2.30. The molecule has 0 aliphatic rings. The van der Waals surface area contributed by atoms with Gasteiger partial charge in [-0.05, 0) is 43.0 Å². The van der Waals surface area contributed by atoms with Crippen molar-refractivity contribution in [3.05, 3.63) is 23.3 Å². The van der Waals surface area contributed by atoms with Gasteiger partial charge in [0.05, 0.1) is 11.5 Å². The summed E-state index contributed by atoms with van der Waals surface area (Å²) < 4.78 is 28.9. The van der Waals surface area contributed by atoms with E-state index in [1.165, 1.54) is 0 Å². The van der Waals surface area contributed by atoms with Gasteiger partial charge in [-0.1, -0.05) is 13.8 Å². The highest BCUT2D eigenvalue weighted by molar-refractivity contribution is 7.89. The van der Waals surface area contributed by atoms with Crippen LogP contribution in [0.15, 0.2) is 17.0 Å². The lowest BCUT2D eigenvalue weighted by Crippen LogP contribution is -2.16. The van der Waals surface area contributed by atoms with Crippen LogP contribution < -0.4 is 9.88 Å². The quantitative estimate of drug-likeness (QED) is 0.670. The first-order valence-electron chi connectivity index (χ1n) is 6.47. The fraction of sp³-hybridized carbons (Fsp3) is 0.467. The largest absolute Gasteiger partial charge is 0.492 e. The minimum absolute atomic E-state index is 0.0432. The normalized spacial score (nSPS) is 11.1. The number of aryl methyl sites for hydroxylation is 1. The molecule has 1 rings (SSSR count). The van der Waals surface area contributed by atoms with Crippen LogP contribution in [0.4, 0.5) is 0 Å². The summed E-state index contributed by atoms with van der Waals surface area (Å²) in [5.41, 5.74) is 1.43. The summed E-state index contributed by atoms with van der Waals surface area (Å²) in [7, 11) is -3.72. The van der Waals surface area contributed by atoms with E-state index in [9.17, 15) is 8.42 Å². The second-order valence-electron chi connectivity index (χ2n) is 4.88. The lowest BCUT2D eigenvalue weighted by Gasteiger charge is -2.16. The van der Waals surface area contributed by atoms with Gasteiger partial charge in [0, 0.05) is 6.42 Å². The Labute approximate surface area is 121 Å². The second kappa shape index (κ2) is 6.78. The SMILES string of the molecule is CC#CCCOc1cc(C(C)C)c(S(N)(=O)=O)cc1C. The molecule has 0 bridgehead atoms. The molecule has 0 unspecified atom stereocenters. The zero-order valence-electron chi connectivity index (χ0n) is 12.4. The van der Waals surface area contributed by atoms with E-state index < -0.39 is 10.0 Å². The summed E-state index contributed by atoms with van der Waals surface area (Å²) in [6.45, 7) is 7.91. The molecular weight excluding hydrogens is 274 g/mol. The molecule has 4 nitrogen and oxygen atoms in total. The average molecular weight is 295 g/mol. The zero-order chi connectivity index (χ0) is 15.3. The molecule has 5 heteroatoms. The van der Waals surface area contributed by atoms with Crippen LogP contribution in [-0.4, -0.2) is 15.0 Å². The lowest BCUT2D eigenvalue weighted by molar-refractivity contribution is 0.324. The van der Waals surface area contributed by atoms with E-state index in [0.717, 1.165) is 5.56 Å². The summed E-state index contributed by atoms with van der Waals surface area (Å²) in [5, 5.41) is 5.27. The fourth-order valence-electron chi connectivity index (χ4n) is 1.87. The molecule has 0 spiro atoms. The van der Waals surface area contributed by atoms with Crippen LogP contribution in [0.25, 0.3) is 0 Å². The Balaban J connectivity index is 3.16. The highest BCUT2D eigenvalue weighted by atomic mass is 32.2. The van der Waals surface area contributed by atoms with Gasteiger partial charge in [-0.3, -0.25) is 0 Å². The number of benzene rings is 1. The smallest absolute Gasteiger partial charge is 0.238 e. The van der Waals surface area contributed by atoms with E-state index in [0.29, 0.717) is 24.3 Å². The van der Waals surface area contributed by atoms with E-state index in [1.54, 1.807) is 26.0 Å². The Hall–Kier alpha value is -1.51. The molecule has 0 radical (unpaired) electrons. The van der Waals surface area contributed by atoms with Crippen molar-refractivity contribution in [2.75, 3.05) is 6.61 Å². The molecule has 110 valence electrons. The van der Waals surface area contributed by atoms with Crippen molar-refractivity contribution in [1.29, 1.82) is 0 Å². The number of ether oxygens (including phenoxy) is 1. The minimum atomic E-state index is -3.72. The number of nitrogens with two attached hydrogens (primary N) is 1. The van der Waals surface area contributed by atoms with Crippen LogP contribution in [0.5, 0.6) is 5.75 Å². The molecule has 0 heterocycles. The van der Waals surface area contributed by atoms with Crippen LogP contribution in [0, 0.1) is 18.8 Å². The topological polar surface area (TPSA) is 69.4 Å². The third kappa shape index (κ3) is 4.26. The fourth-order valence-corrected chi connectivity index (χ4v) is 2.83. The molecule has 0 aromatic heterocycles. The number of rotatable bonds is 5. The van der Waals surface area contributed by atoms with Crippen LogP contribution in [0.2, 0.25) is 0 Å². The van der Waals surface area contributed by atoms with Gasteiger partial charge in [-0.2, -0.15) is 0 Å². The second-order valence-corrected chi connectivity index (χ2v) is 6.41. The van der Waals surface area contributed by atoms with Gasteiger partial charge in [0.25, 0.3) is 0 Å². The average Bonchev–Trinajstić information content (AvgIpc) is 2.34. The molecule has 0 amide bonds. The van der Waals surface area contributed by atoms with Crippen molar-refractivity contribution < 1.29 is 13.2 Å². The van der Waals surface area contributed by atoms with E-state index in [4.69, 9.17) is 9.88 Å². The van der Waals surface area contributed by atoms with Crippen LogP contribution >= 0.6 is 0 Å². The van der Waals surface area contributed by atoms with E-state index in [2.05, 4.69) is 11.8 Å². The van der Waals surface area contributed by atoms with Gasteiger partial charge >= 0.3 is 0 Å². The number of hydrogen-bond donors (Lipinski definition) is 1. The Morgan fingerprint density at radius 2 is 2.00 bits per heavy atom. The predicted octanol–water partition coefficient (Wildman–Crippen LogP) is 2.56. The van der Waals surface area contributed by atoms with E-state index >= 15 is 0 Å². The first-order chi connectivity index (χ1) is 9.27. The number of primary sulfonamides is 1. The van der Waals surface area contributed by atoms with Crippen molar-refractivity contribution >= 4 is 10.0 Å². The van der Waals surface area contributed by atoms with Crippen LogP contribution in [-0.2, 0) is 10.0 Å². The molecule has 0 atom stereocenters. The Kier molecular flexibility index (Phi) is 5.61. The Morgan fingerprint density at radius 3 is 2.50 bits per heavy atom. The monoisotopic (exact) mass is 295 g/mol. The maximum Gasteiger partial charge on any atom is 0.238 e. The van der Waals surface area contributed by atoms with Crippen LogP contribution in [0.3, 0.4) is 0 Å². The maximum absolute atomic E-state index is 11.6. The van der Waals surface area contributed by atoms with Crippen LogP contribution in [0.1, 0.15) is 44.2 Å². The molecule has 0 fully saturated rings. The minimum Gasteiger partial charge on any atom is -0.492 e. The molecule has 0 aliphatic heterocycles. The van der Waals surface area contributed by atoms with E-state index in [-0.39, 0.29) is 10.8 Å². The van der Waals surface area contributed by atoms with Gasteiger partial charge < -0.3 is 4.74 Å². The standard InChI is InChI=1S/C15H21NO3S/c1-5-6-7-8-19-14-10-13(11(2)3)15(9-12(14)4)20(16,17)18/h9-11H,7-8H2,1-4H3,(H2,16,17,18). The molecule has 1 aromatic rings. The van der Waals surface area contributed by atoms with Gasteiger partial charge in [0.1, 0.15) is 5.75 Å². The summed E-state index contributed by atoms with van der Waals surface area (Å²) in [4.78, 5) is 0.172. The number of hydrogen-bond acceptors (Lipinski definition) is 3. The summed E-state index contributed by atoms with van der Waals surface area (Å²) in [6.07, 6.45) is 0.643. The highest BCUT2D eigenvalue weighted by Gasteiger charge is 2.19. The predicted molar refractivity (Wildman–Crippen MR) is 80.2 cm³/mol. The summed E-state index contributed by atoms with van der Waals surface area (Å²) in [5.74, 6) is 6.44. The third-order valence-corrected chi connectivity index (χ3v) is 3.86. The Bertz CT molecular complexity index is 637. The summed E-state index contributed by atoms with van der Waals surface area (Å²) >= 11 is 0. The van der Waals surface area contributed by atoms with E-state index in [1.807, 2.05) is 13.8 Å². The van der Waals surface area contributed by atoms with Crippen molar-refractivity contribution in [1.82, 2.24) is 0 Å². The third-order valence-electron chi connectivity index (χ3n) is 2.90. The zero-order valence-corrected chi connectivity index (χ0v) is 13.2. The lowest BCUT2D eigenvalue weighted by atomic mass is 10.0. The number of sulfonamides is 1. The molecular formula is C15H21NO3S. The first kappa shape index (κ1) is 16.5. The van der Waals surface area contributed by atoms with Gasteiger partial charge in [-0.15, -0.1) is 11.8 Å². The van der Waals surface area contributed by atoms with Gasteiger partial charge in [0.15, 0.2) is 0 Å². The molecule has 0 saturated heterocycles. The first-order valence-corrected chi connectivity index (χ1v) is 8.01. The van der Waals surface area contributed by atoms with Gasteiger partial charge in [-0.25, -0.2) is 13.6 Å². The molecule has 2 N–H and O–H groups in total. The Morgan fingerprint density at radius 1 is 1.35 bits per heavy atom. The maximum atomic E-state index is 11.6. The van der Waals surface area contributed by atoms with Crippen molar-refractivity contribution in [2.24, 2.45) is 5.14 Å². The van der Waals surface area contributed by atoms with Gasteiger partial charge in [0.2, 0.25) is 10.0 Å². The molecule has 1 aromatic carbocycles. The summed E-state index contributed by atoms with van der Waals surface area (Å²) in [6, 6.07) is 3.34. The van der Waals surface area contributed by atoms with Crippen molar-refractivity contribution in [3.8, 4) is 17.6 Å². The molecule has 20 heavy (non-hydrogen) atoms. The molecule has 0 aliphatic carbocycles. The molecule has 0 saturated carbocycles. The van der Waals surface area contributed by atoms with Crippen molar-refractivity contribution in [2.45, 2.75) is 44.9 Å².